The van der Waals surface area contributed by atoms with Crippen molar-refractivity contribution >= 4 is 0 Å². The fourth-order valence-electron chi connectivity index (χ4n) is 3.13. The maximum absolute atomic E-state index is 12.2. The van der Waals surface area contributed by atoms with Gasteiger partial charge in [0.25, 0.3) is 6.08 Å². The van der Waals surface area contributed by atoms with Crippen molar-refractivity contribution < 1.29 is 8.78 Å². The molecule has 0 atom stereocenters. The quantitative estimate of drug-likeness (QED) is 0.612. The lowest BCUT2D eigenvalue weighted by atomic mass is 9.78. The number of halogens is 2. The summed E-state index contributed by atoms with van der Waals surface area (Å²) in [4.78, 5) is 0. The number of rotatable bonds is 5. The second-order valence-electron chi connectivity index (χ2n) is 5.91. The third-order valence-corrected chi connectivity index (χ3v) is 4.40. The number of allylic oxidation sites excluding steroid dienone is 1. The van der Waals surface area contributed by atoms with Crippen molar-refractivity contribution in [3.63, 3.8) is 0 Å². The Hall–Kier alpha value is -1.18. The van der Waals surface area contributed by atoms with Crippen molar-refractivity contribution in [1.82, 2.24) is 0 Å². The minimum absolute atomic E-state index is 0.0834. The molecule has 0 aromatic heterocycles. The Morgan fingerprint density at radius 3 is 2.30 bits per heavy atom. The first-order valence-electron chi connectivity index (χ1n) is 7.80. The smallest absolute Gasteiger partial charge is 0.174 e. The van der Waals surface area contributed by atoms with Crippen molar-refractivity contribution in [3.05, 3.63) is 47.5 Å². The van der Waals surface area contributed by atoms with Crippen LogP contribution >= 0.6 is 0 Å². The van der Waals surface area contributed by atoms with Gasteiger partial charge in [0.15, 0.2) is 0 Å². The van der Waals surface area contributed by atoms with Crippen LogP contribution in [0.3, 0.4) is 0 Å². The van der Waals surface area contributed by atoms with Crippen LogP contribution in [0.2, 0.25) is 0 Å². The molecule has 0 unspecified atom stereocenters. The molecule has 0 amide bonds. The van der Waals surface area contributed by atoms with Crippen molar-refractivity contribution in [2.45, 2.75) is 57.8 Å². The Kier molecular flexibility index (Phi) is 5.75. The van der Waals surface area contributed by atoms with Crippen LogP contribution in [0.1, 0.15) is 62.5 Å². The van der Waals surface area contributed by atoms with Crippen LogP contribution in [0.15, 0.2) is 36.4 Å². The van der Waals surface area contributed by atoms with E-state index in [0.29, 0.717) is 5.92 Å². The number of benzene rings is 1. The molecule has 110 valence electrons. The van der Waals surface area contributed by atoms with Crippen LogP contribution in [0.25, 0.3) is 0 Å². The highest BCUT2D eigenvalue weighted by atomic mass is 19.3. The van der Waals surface area contributed by atoms with Crippen molar-refractivity contribution in [1.29, 1.82) is 0 Å². The average Bonchev–Trinajstić information content (AvgIpc) is 2.46. The fourth-order valence-corrected chi connectivity index (χ4v) is 3.13. The summed E-state index contributed by atoms with van der Waals surface area (Å²) < 4.78 is 24.5. The lowest BCUT2D eigenvalue weighted by molar-refractivity contribution is 0.351. The minimum Gasteiger partial charge on any atom is -0.174 e. The lowest BCUT2D eigenvalue weighted by Gasteiger charge is -2.27. The Morgan fingerprint density at radius 2 is 1.75 bits per heavy atom. The van der Waals surface area contributed by atoms with Crippen molar-refractivity contribution in [2.75, 3.05) is 0 Å². The lowest BCUT2D eigenvalue weighted by Crippen LogP contribution is -2.11. The minimum atomic E-state index is -1.52. The Labute approximate surface area is 120 Å². The molecule has 2 heteroatoms. The molecule has 20 heavy (non-hydrogen) atoms. The second-order valence-corrected chi connectivity index (χ2v) is 5.91. The number of aryl methyl sites for hydroxylation is 1. The van der Waals surface area contributed by atoms with E-state index in [-0.39, 0.29) is 5.92 Å². The fraction of sp³-hybridized carbons (Fsp3) is 0.556. The van der Waals surface area contributed by atoms with Crippen molar-refractivity contribution in [3.8, 4) is 0 Å². The molecular weight excluding hydrogens is 254 g/mol. The Balaban J connectivity index is 1.88. The highest BCUT2D eigenvalue weighted by Gasteiger charge is 2.21. The topological polar surface area (TPSA) is 0 Å². The van der Waals surface area contributed by atoms with Crippen molar-refractivity contribution in [2.24, 2.45) is 5.92 Å². The SMILES string of the molecule is CCCCc1ccc([C@H]2CC[C@H](C=C(F)F)CC2)cc1. The molecule has 1 aliphatic rings. The molecule has 0 spiro atoms. The van der Waals surface area contributed by atoms with E-state index in [0.717, 1.165) is 38.2 Å². The van der Waals surface area contributed by atoms with Gasteiger partial charge < -0.3 is 0 Å². The predicted octanol–water partition coefficient (Wildman–Crippen LogP) is 6.08. The summed E-state index contributed by atoms with van der Waals surface area (Å²) >= 11 is 0. The molecule has 0 saturated heterocycles. The highest BCUT2D eigenvalue weighted by Crippen LogP contribution is 2.36. The largest absolute Gasteiger partial charge is 0.266 e. The molecule has 0 nitrogen and oxygen atoms in total. The van der Waals surface area contributed by atoms with Crippen LogP contribution in [0, 0.1) is 5.92 Å². The average molecular weight is 278 g/mol. The van der Waals surface area contributed by atoms with Gasteiger partial charge >= 0.3 is 0 Å². The normalized spacial score (nSPS) is 22.6. The van der Waals surface area contributed by atoms with Crippen LogP contribution < -0.4 is 0 Å². The molecule has 1 fully saturated rings. The third-order valence-electron chi connectivity index (χ3n) is 4.40. The second kappa shape index (κ2) is 7.56. The summed E-state index contributed by atoms with van der Waals surface area (Å²) in [5, 5.41) is 0. The van der Waals surface area contributed by atoms with E-state index in [1.54, 1.807) is 0 Å². The zero-order chi connectivity index (χ0) is 14.4. The van der Waals surface area contributed by atoms with Gasteiger partial charge in [-0.3, -0.25) is 0 Å². The van der Waals surface area contributed by atoms with E-state index in [9.17, 15) is 8.78 Å². The number of hydrogen-bond donors (Lipinski definition) is 0. The van der Waals surface area contributed by atoms with E-state index in [4.69, 9.17) is 0 Å². The van der Waals surface area contributed by atoms with Gasteiger partial charge in [0.05, 0.1) is 0 Å². The summed E-state index contributed by atoms with van der Waals surface area (Å²) in [7, 11) is 0. The first-order valence-corrected chi connectivity index (χ1v) is 7.80. The van der Waals surface area contributed by atoms with Gasteiger partial charge in [-0.1, -0.05) is 37.6 Å². The summed E-state index contributed by atoms with van der Waals surface area (Å²) in [5.41, 5.74) is 2.79. The van der Waals surface area contributed by atoms with Gasteiger partial charge in [-0.25, -0.2) is 0 Å². The first-order chi connectivity index (χ1) is 9.69. The number of unbranched alkanes of at least 4 members (excludes halogenated alkanes) is 1. The van der Waals surface area contributed by atoms with Gasteiger partial charge in [0.1, 0.15) is 0 Å². The van der Waals surface area contributed by atoms with Gasteiger partial charge in [-0.2, -0.15) is 8.78 Å². The van der Waals surface area contributed by atoms with Gasteiger partial charge in [-0.05, 0) is 67.6 Å². The summed E-state index contributed by atoms with van der Waals surface area (Å²) in [6, 6.07) is 8.94. The Bertz CT molecular complexity index is 421. The summed E-state index contributed by atoms with van der Waals surface area (Å²) in [6.45, 7) is 2.21. The van der Waals surface area contributed by atoms with E-state index in [1.807, 2.05) is 0 Å². The van der Waals surface area contributed by atoms with Crippen LogP contribution in [0.5, 0.6) is 0 Å². The van der Waals surface area contributed by atoms with E-state index < -0.39 is 6.08 Å². The molecule has 1 aliphatic carbocycles. The molecule has 0 radical (unpaired) electrons. The van der Waals surface area contributed by atoms with E-state index >= 15 is 0 Å². The number of hydrogen-bond acceptors (Lipinski definition) is 0. The van der Waals surface area contributed by atoms with Gasteiger partial charge in [0, 0.05) is 0 Å². The zero-order valence-corrected chi connectivity index (χ0v) is 12.2. The standard InChI is InChI=1S/C18H24F2/c1-2-3-4-14-5-9-16(10-6-14)17-11-7-15(8-12-17)13-18(19)20/h5-6,9-10,13,15,17H,2-4,7-8,11-12H2,1H3/t15-,17-. The molecule has 1 aromatic rings. The molecule has 0 N–H and O–H groups in total. The molecule has 0 heterocycles. The highest BCUT2D eigenvalue weighted by molar-refractivity contribution is 5.26. The molecular formula is C18H24F2. The zero-order valence-electron chi connectivity index (χ0n) is 12.2. The van der Waals surface area contributed by atoms with E-state index in [2.05, 4.69) is 31.2 Å². The molecule has 2 rings (SSSR count). The van der Waals surface area contributed by atoms with Crippen LogP contribution in [-0.4, -0.2) is 0 Å². The van der Waals surface area contributed by atoms with Crippen LogP contribution in [-0.2, 0) is 6.42 Å². The monoisotopic (exact) mass is 278 g/mol. The van der Waals surface area contributed by atoms with E-state index in [1.165, 1.54) is 24.0 Å². The molecule has 1 aromatic carbocycles. The maximum atomic E-state index is 12.2. The van der Waals surface area contributed by atoms with Crippen LogP contribution in [0.4, 0.5) is 8.78 Å². The molecule has 0 bridgehead atoms. The maximum Gasteiger partial charge on any atom is 0.266 e. The molecule has 0 aliphatic heterocycles. The van der Waals surface area contributed by atoms with Gasteiger partial charge in [0.2, 0.25) is 0 Å². The predicted molar refractivity (Wildman–Crippen MR) is 80.1 cm³/mol. The molecule has 1 saturated carbocycles. The Morgan fingerprint density at radius 1 is 1.10 bits per heavy atom. The summed E-state index contributed by atoms with van der Waals surface area (Å²) in [5.74, 6) is 0.641. The summed E-state index contributed by atoms with van der Waals surface area (Å²) in [6.07, 6.45) is 7.09. The van der Waals surface area contributed by atoms with Gasteiger partial charge in [-0.15, -0.1) is 0 Å². The third kappa shape index (κ3) is 4.43. The first kappa shape index (κ1) is 15.2.